The molecule has 0 bridgehead atoms. The number of carbonyl (C=O) groups is 2. The lowest BCUT2D eigenvalue weighted by atomic mass is 9.93. The summed E-state index contributed by atoms with van der Waals surface area (Å²) in [6.07, 6.45) is 4.18. The number of para-hydroxylation sites is 1. The number of likely N-dealkylation sites (N-methyl/N-ethyl adjacent to an activating group) is 1. The molecular weight excluding hydrogens is 530 g/mol. The Kier molecular flexibility index (Phi) is 25.6. The van der Waals surface area contributed by atoms with Crippen LogP contribution >= 0.6 is 0 Å². The molecule has 42 heavy (non-hydrogen) atoms. The summed E-state index contributed by atoms with van der Waals surface area (Å²) < 4.78 is 9.16. The Morgan fingerprint density at radius 2 is 1.67 bits per heavy atom. The van der Waals surface area contributed by atoms with Crippen molar-refractivity contribution < 1.29 is 19.1 Å². The fourth-order valence-corrected chi connectivity index (χ4v) is 3.68. The molecule has 2 heterocycles. The van der Waals surface area contributed by atoms with Crippen LogP contribution in [-0.2, 0) is 25.6 Å². The third-order valence-electron chi connectivity index (χ3n) is 6.44. The van der Waals surface area contributed by atoms with Gasteiger partial charge in [-0.05, 0) is 52.3 Å². The Labute approximate surface area is 255 Å². The molecule has 2 unspecified atom stereocenters. The molecule has 9 heteroatoms. The van der Waals surface area contributed by atoms with E-state index in [0.29, 0.717) is 18.9 Å². The van der Waals surface area contributed by atoms with Gasteiger partial charge in [-0.3, -0.25) is 9.69 Å². The second kappa shape index (κ2) is 25.9. The van der Waals surface area contributed by atoms with Crippen LogP contribution in [0.15, 0.2) is 36.9 Å². The number of carbonyl (C=O) groups excluding carboxylic acids is 2. The lowest BCUT2D eigenvalue weighted by molar-refractivity contribution is -0.147. The Morgan fingerprint density at radius 3 is 2.10 bits per heavy atom. The number of piperazine rings is 1. The van der Waals surface area contributed by atoms with Gasteiger partial charge in [0.15, 0.2) is 0 Å². The first-order chi connectivity index (χ1) is 20.1. The Bertz CT molecular complexity index is 978. The van der Waals surface area contributed by atoms with E-state index in [9.17, 15) is 9.59 Å². The van der Waals surface area contributed by atoms with Crippen LogP contribution in [-0.4, -0.2) is 92.1 Å². The minimum Gasteiger partial charge on any atom is -0.469 e. The van der Waals surface area contributed by atoms with Crippen LogP contribution in [0.25, 0.3) is 10.9 Å². The van der Waals surface area contributed by atoms with Crippen molar-refractivity contribution >= 4 is 23.2 Å². The second-order valence-corrected chi connectivity index (χ2v) is 10.0. The summed E-state index contributed by atoms with van der Waals surface area (Å²) in [5.41, 5.74) is 7.49. The molecule has 2 aromatic rings. The monoisotopic (exact) mass is 589 g/mol. The van der Waals surface area contributed by atoms with Crippen molar-refractivity contribution in [1.82, 2.24) is 19.8 Å². The highest BCUT2D eigenvalue weighted by Gasteiger charge is 2.21. The predicted molar refractivity (Wildman–Crippen MR) is 175 cm³/mol. The minimum atomic E-state index is -0.245. The number of fused-ring (bicyclic) bond motifs is 1. The highest BCUT2D eigenvalue weighted by molar-refractivity contribution is 5.80. The summed E-state index contributed by atoms with van der Waals surface area (Å²) in [7, 11) is 5.08. The molecule has 1 aromatic carbocycles. The Hall–Kier alpha value is -2.72. The molecule has 1 aliphatic heterocycles. The van der Waals surface area contributed by atoms with Crippen molar-refractivity contribution in [3.05, 3.63) is 48.4 Å². The fourth-order valence-electron chi connectivity index (χ4n) is 3.68. The summed E-state index contributed by atoms with van der Waals surface area (Å²) >= 11 is 0. The first-order valence-electron chi connectivity index (χ1n) is 15.1. The van der Waals surface area contributed by atoms with E-state index < -0.39 is 0 Å². The number of ether oxygens (including phenoxy) is 2. The number of hydrogen-bond acceptors (Lipinski definition) is 9. The van der Waals surface area contributed by atoms with Crippen LogP contribution < -0.4 is 5.73 Å². The van der Waals surface area contributed by atoms with E-state index in [1.807, 2.05) is 45.9 Å². The highest BCUT2D eigenvalue weighted by atomic mass is 16.5. The number of benzene rings is 1. The van der Waals surface area contributed by atoms with Gasteiger partial charge in [-0.2, -0.15) is 0 Å². The topological polar surface area (TPSA) is 111 Å². The molecule has 1 aliphatic rings. The standard InChI is InChI=1S/C15H20N4.C8H17NO2.C4H8O2.C4H8.C2H6/c1-12-13-5-3-4-6-14(13)17-15(16-12)11-19-9-7-18(2)8-10-19;1-6(2)7(4-5-9)8(10)11-3;1-4(3-5)6-2;1-3-4-2;1-2/h3-6H,7-11H2,1-2H3;6-7H,4-5,9H2,1-3H3;3-4H,1-2H3;3H,1,4H2,2H3;1-2H3. The average Bonchev–Trinajstić information content (AvgIpc) is 3.01. The molecule has 0 radical (unpaired) electrons. The number of allylic oxidation sites excluding steroid dienone is 1. The molecule has 9 nitrogen and oxygen atoms in total. The fraction of sp³-hybridized carbons (Fsp3) is 0.636. The van der Waals surface area contributed by atoms with Gasteiger partial charge in [0.05, 0.1) is 25.1 Å². The molecule has 1 aromatic heterocycles. The van der Waals surface area contributed by atoms with Crippen molar-refractivity contribution in [2.75, 3.05) is 54.0 Å². The molecule has 0 amide bonds. The summed E-state index contributed by atoms with van der Waals surface area (Å²) in [6, 6.07) is 8.23. The van der Waals surface area contributed by atoms with Gasteiger partial charge in [0.1, 0.15) is 18.2 Å². The first kappa shape index (κ1) is 41.4. The summed E-state index contributed by atoms with van der Waals surface area (Å²) in [5, 5.41) is 1.16. The van der Waals surface area contributed by atoms with Gasteiger partial charge >= 0.3 is 5.97 Å². The van der Waals surface area contributed by atoms with Crippen molar-refractivity contribution in [1.29, 1.82) is 0 Å². The number of aldehydes is 1. The van der Waals surface area contributed by atoms with Gasteiger partial charge in [-0.15, -0.1) is 6.58 Å². The molecule has 0 saturated carbocycles. The van der Waals surface area contributed by atoms with Crippen LogP contribution in [0.4, 0.5) is 0 Å². The van der Waals surface area contributed by atoms with Gasteiger partial charge in [0.25, 0.3) is 0 Å². The third-order valence-corrected chi connectivity index (χ3v) is 6.44. The molecule has 2 N–H and O–H groups in total. The van der Waals surface area contributed by atoms with Gasteiger partial charge in [-0.25, -0.2) is 9.97 Å². The normalized spacial score (nSPS) is 14.3. The number of rotatable bonds is 9. The molecule has 0 spiro atoms. The van der Waals surface area contributed by atoms with Crippen molar-refractivity contribution in [2.24, 2.45) is 17.6 Å². The maximum absolute atomic E-state index is 11.1. The summed E-state index contributed by atoms with van der Waals surface area (Å²) in [5.74, 6) is 1.07. The number of methoxy groups -OCH3 is 2. The van der Waals surface area contributed by atoms with E-state index in [2.05, 4.69) is 68.8 Å². The third kappa shape index (κ3) is 18.0. The molecule has 1 saturated heterocycles. The van der Waals surface area contributed by atoms with Crippen LogP contribution in [0.2, 0.25) is 0 Å². The van der Waals surface area contributed by atoms with Crippen molar-refractivity contribution in [2.45, 2.75) is 74.0 Å². The minimum absolute atomic E-state index is 0.0370. The molecule has 240 valence electrons. The number of aromatic nitrogens is 2. The molecule has 0 aliphatic carbocycles. The average molecular weight is 590 g/mol. The molecule has 3 rings (SSSR count). The van der Waals surface area contributed by atoms with Gasteiger partial charge < -0.3 is 24.9 Å². The lowest BCUT2D eigenvalue weighted by Gasteiger charge is -2.31. The van der Waals surface area contributed by atoms with E-state index >= 15 is 0 Å². The Balaban J connectivity index is 0. The zero-order valence-electron chi connectivity index (χ0n) is 28.1. The van der Waals surface area contributed by atoms with E-state index in [0.717, 1.165) is 67.9 Å². The molecule has 2 atom stereocenters. The number of nitrogens with zero attached hydrogens (tertiary/aromatic N) is 4. The van der Waals surface area contributed by atoms with Gasteiger partial charge in [-0.1, -0.05) is 58.9 Å². The SMILES string of the molecule is C=CCC.CC.COC(=O)C(CCN)C(C)C.COC(C)C=O.Cc1nc(CN2CCN(C)CC2)nc2ccccc12. The van der Waals surface area contributed by atoms with E-state index in [1.165, 1.54) is 14.2 Å². The maximum Gasteiger partial charge on any atom is 0.308 e. The van der Waals surface area contributed by atoms with E-state index in [4.69, 9.17) is 5.73 Å². The van der Waals surface area contributed by atoms with Crippen LogP contribution in [0.3, 0.4) is 0 Å². The maximum atomic E-state index is 11.1. The molecular formula is C33H59N5O4. The highest BCUT2D eigenvalue weighted by Crippen LogP contribution is 2.16. The second-order valence-electron chi connectivity index (χ2n) is 10.0. The van der Waals surface area contributed by atoms with Crippen LogP contribution in [0.1, 0.15) is 65.9 Å². The van der Waals surface area contributed by atoms with Gasteiger partial charge in [0.2, 0.25) is 0 Å². The zero-order valence-corrected chi connectivity index (χ0v) is 28.1. The van der Waals surface area contributed by atoms with E-state index in [1.54, 1.807) is 6.92 Å². The van der Waals surface area contributed by atoms with Crippen molar-refractivity contribution in [3.8, 4) is 0 Å². The quantitative estimate of drug-likeness (QED) is 0.237. The Morgan fingerprint density at radius 1 is 1.10 bits per heavy atom. The number of aryl methyl sites for hydroxylation is 1. The predicted octanol–water partition coefficient (Wildman–Crippen LogP) is 5.29. The lowest BCUT2D eigenvalue weighted by Crippen LogP contribution is -2.44. The first-order valence-corrected chi connectivity index (χ1v) is 15.1. The van der Waals surface area contributed by atoms with Gasteiger partial charge in [0, 0.05) is 44.4 Å². The molecule has 1 fully saturated rings. The zero-order chi connectivity index (χ0) is 32.5. The van der Waals surface area contributed by atoms with E-state index in [-0.39, 0.29) is 18.0 Å². The number of hydrogen-bond donors (Lipinski definition) is 1. The van der Waals surface area contributed by atoms with Crippen LogP contribution in [0.5, 0.6) is 0 Å². The smallest absolute Gasteiger partial charge is 0.308 e. The number of esters is 1. The largest absolute Gasteiger partial charge is 0.469 e. The summed E-state index contributed by atoms with van der Waals surface area (Å²) in [4.78, 5) is 34.8. The van der Waals surface area contributed by atoms with Crippen molar-refractivity contribution in [3.63, 3.8) is 0 Å². The summed E-state index contributed by atoms with van der Waals surface area (Å²) in [6.45, 7) is 23.2. The number of nitrogens with two attached hydrogens (primary N) is 1. The van der Waals surface area contributed by atoms with Crippen LogP contribution in [0, 0.1) is 18.8 Å².